The maximum Gasteiger partial charge on any atom is 0.240 e. The van der Waals surface area contributed by atoms with Gasteiger partial charge >= 0.3 is 0 Å². The Bertz CT molecular complexity index is 860. The number of rotatable bonds is 4. The second-order valence-electron chi connectivity index (χ2n) is 3.90. The Morgan fingerprint density at radius 1 is 0.762 bits per heavy atom. The number of benzene rings is 2. The molecule has 2 rings (SSSR count). The number of sulfone groups is 1. The van der Waals surface area contributed by atoms with E-state index in [9.17, 15) is 18.0 Å². The third-order valence-corrected chi connectivity index (χ3v) is 4.39. The van der Waals surface area contributed by atoms with Gasteiger partial charge in [0.25, 0.3) is 0 Å². The van der Waals surface area contributed by atoms with Gasteiger partial charge in [-0.3, -0.25) is 0 Å². The number of carbonyl (C=O) groups excluding carboxylic acids is 2. The third kappa shape index (κ3) is 3.19. The molecule has 0 saturated heterocycles. The Balaban J connectivity index is 2.48. The zero-order valence-electron chi connectivity index (χ0n) is 10.6. The van der Waals surface area contributed by atoms with Gasteiger partial charge < -0.3 is 0 Å². The molecule has 0 aliphatic carbocycles. The molecule has 7 heteroatoms. The van der Waals surface area contributed by atoms with Gasteiger partial charge in [-0.15, -0.1) is 0 Å². The van der Waals surface area contributed by atoms with Crippen LogP contribution in [0, 0.1) is 0 Å². The highest BCUT2D eigenvalue weighted by molar-refractivity contribution is 7.91. The molecule has 0 saturated carbocycles. The summed E-state index contributed by atoms with van der Waals surface area (Å²) in [6, 6.07) is 11.1. The van der Waals surface area contributed by atoms with E-state index in [1.807, 2.05) is 0 Å². The van der Waals surface area contributed by atoms with Crippen LogP contribution in [0.25, 0.3) is 0 Å². The molecule has 0 aromatic heterocycles. The molecule has 0 fully saturated rings. The van der Waals surface area contributed by atoms with E-state index in [4.69, 9.17) is 0 Å². The summed E-state index contributed by atoms with van der Waals surface area (Å²) in [4.78, 5) is 27.2. The van der Waals surface area contributed by atoms with Crippen LogP contribution in [0.15, 0.2) is 68.3 Å². The van der Waals surface area contributed by atoms with E-state index in [2.05, 4.69) is 9.98 Å². The zero-order chi connectivity index (χ0) is 15.3. The quantitative estimate of drug-likeness (QED) is 0.640. The number of nitrogens with zero attached hydrogens (tertiary/aromatic N) is 2. The predicted molar refractivity (Wildman–Crippen MR) is 73.9 cm³/mol. The minimum atomic E-state index is -3.74. The zero-order valence-corrected chi connectivity index (χ0v) is 11.4. The van der Waals surface area contributed by atoms with Gasteiger partial charge in [-0.05, 0) is 42.5 Å². The monoisotopic (exact) mass is 300 g/mol. The van der Waals surface area contributed by atoms with Crippen LogP contribution >= 0.6 is 0 Å². The van der Waals surface area contributed by atoms with Gasteiger partial charge in [0.2, 0.25) is 22.0 Å². The summed E-state index contributed by atoms with van der Waals surface area (Å²) in [5.74, 6) is 0. The molecule has 0 heterocycles. The number of isocyanates is 2. The molecule has 0 N–H and O–H groups in total. The van der Waals surface area contributed by atoms with E-state index in [1.54, 1.807) is 0 Å². The fourth-order valence-corrected chi connectivity index (χ4v) is 2.96. The molecule has 2 aromatic rings. The summed E-state index contributed by atoms with van der Waals surface area (Å²) < 4.78 is 24.8. The Morgan fingerprint density at radius 3 is 2.00 bits per heavy atom. The van der Waals surface area contributed by atoms with Crippen LogP contribution in [0.1, 0.15) is 0 Å². The van der Waals surface area contributed by atoms with Crippen molar-refractivity contribution in [2.75, 3.05) is 0 Å². The maximum absolute atomic E-state index is 12.4. The van der Waals surface area contributed by atoms with Crippen molar-refractivity contribution in [2.24, 2.45) is 9.98 Å². The molecule has 0 spiro atoms. The first kappa shape index (κ1) is 14.6. The first-order valence-corrected chi connectivity index (χ1v) is 7.17. The molecular formula is C14H8N2O4S. The topological polar surface area (TPSA) is 93.0 Å². The SMILES string of the molecule is O=C=Nc1ccc(S(=O)(=O)c2cccc(N=C=O)c2)cc1. The second kappa shape index (κ2) is 6.07. The average Bonchev–Trinajstić information content (AvgIpc) is 2.49. The largest absolute Gasteiger partial charge is 0.240 e. The van der Waals surface area contributed by atoms with E-state index < -0.39 is 9.84 Å². The average molecular weight is 300 g/mol. The molecule has 0 aliphatic rings. The number of hydrogen-bond donors (Lipinski definition) is 0. The van der Waals surface area contributed by atoms with Gasteiger partial charge in [-0.25, -0.2) is 18.0 Å². The molecular weight excluding hydrogens is 292 g/mol. The van der Waals surface area contributed by atoms with Gasteiger partial charge in [0.05, 0.1) is 21.2 Å². The number of hydrogen-bond acceptors (Lipinski definition) is 6. The lowest BCUT2D eigenvalue weighted by atomic mass is 10.3. The van der Waals surface area contributed by atoms with Gasteiger partial charge in [0.1, 0.15) is 0 Å². The van der Waals surface area contributed by atoms with Crippen LogP contribution in [0.5, 0.6) is 0 Å². The first-order valence-electron chi connectivity index (χ1n) is 5.69. The van der Waals surface area contributed by atoms with Crippen molar-refractivity contribution in [3.63, 3.8) is 0 Å². The first-order chi connectivity index (χ1) is 10.1. The Kier molecular flexibility index (Phi) is 4.21. The molecule has 0 atom stereocenters. The molecule has 21 heavy (non-hydrogen) atoms. The van der Waals surface area contributed by atoms with Crippen LogP contribution in [-0.4, -0.2) is 20.6 Å². The maximum atomic E-state index is 12.4. The lowest BCUT2D eigenvalue weighted by Gasteiger charge is -2.05. The fraction of sp³-hybridized carbons (Fsp3) is 0. The van der Waals surface area contributed by atoms with E-state index >= 15 is 0 Å². The summed E-state index contributed by atoms with van der Waals surface area (Å²) in [5.41, 5.74) is 0.511. The van der Waals surface area contributed by atoms with Crippen LogP contribution in [-0.2, 0) is 19.4 Å². The molecule has 0 amide bonds. The van der Waals surface area contributed by atoms with Gasteiger partial charge in [0, 0.05) is 0 Å². The van der Waals surface area contributed by atoms with Crippen LogP contribution < -0.4 is 0 Å². The smallest absolute Gasteiger partial charge is 0.219 e. The summed E-state index contributed by atoms with van der Waals surface area (Å²) >= 11 is 0. The lowest BCUT2D eigenvalue weighted by molar-refractivity contribution is 0.564. The highest BCUT2D eigenvalue weighted by atomic mass is 32.2. The molecule has 6 nitrogen and oxygen atoms in total. The normalized spacial score (nSPS) is 10.3. The van der Waals surface area contributed by atoms with Crippen molar-refractivity contribution in [1.29, 1.82) is 0 Å². The summed E-state index contributed by atoms with van der Waals surface area (Å²) in [6.07, 6.45) is 2.73. The van der Waals surface area contributed by atoms with Crippen molar-refractivity contribution in [3.8, 4) is 0 Å². The van der Waals surface area contributed by atoms with E-state index in [1.165, 1.54) is 60.7 Å². The summed E-state index contributed by atoms with van der Waals surface area (Å²) in [5, 5.41) is 0. The Hall–Kier alpha value is -2.85. The van der Waals surface area contributed by atoms with Crippen molar-refractivity contribution in [2.45, 2.75) is 9.79 Å². The lowest BCUT2D eigenvalue weighted by Crippen LogP contribution is -2.01. The Labute approximate surface area is 120 Å². The van der Waals surface area contributed by atoms with Crippen LogP contribution in [0.3, 0.4) is 0 Å². The van der Waals surface area contributed by atoms with E-state index in [0.29, 0.717) is 5.69 Å². The van der Waals surface area contributed by atoms with Gasteiger partial charge in [-0.2, -0.15) is 9.98 Å². The van der Waals surface area contributed by atoms with Crippen molar-refractivity contribution in [1.82, 2.24) is 0 Å². The van der Waals surface area contributed by atoms with Crippen LogP contribution in [0.4, 0.5) is 11.4 Å². The van der Waals surface area contributed by atoms with Crippen molar-refractivity contribution >= 4 is 33.4 Å². The highest BCUT2D eigenvalue weighted by Crippen LogP contribution is 2.25. The molecule has 0 aliphatic heterocycles. The van der Waals surface area contributed by atoms with Crippen LogP contribution in [0.2, 0.25) is 0 Å². The standard InChI is InChI=1S/C14H8N2O4S/c17-9-15-11-4-6-13(7-5-11)21(19,20)14-3-1-2-12(8-14)16-10-18/h1-8H. The van der Waals surface area contributed by atoms with Crippen molar-refractivity contribution in [3.05, 3.63) is 48.5 Å². The summed E-state index contributed by atoms with van der Waals surface area (Å²) in [7, 11) is -3.74. The predicted octanol–water partition coefficient (Wildman–Crippen LogP) is 2.45. The van der Waals surface area contributed by atoms with Crippen molar-refractivity contribution < 1.29 is 18.0 Å². The highest BCUT2D eigenvalue weighted by Gasteiger charge is 2.17. The minimum absolute atomic E-state index is 0.00522. The molecule has 0 radical (unpaired) electrons. The molecule has 2 aromatic carbocycles. The van der Waals surface area contributed by atoms with Gasteiger partial charge in [-0.1, -0.05) is 6.07 Å². The molecule has 0 bridgehead atoms. The van der Waals surface area contributed by atoms with E-state index in [-0.39, 0.29) is 15.5 Å². The molecule has 0 unspecified atom stereocenters. The van der Waals surface area contributed by atoms with Gasteiger partial charge in [0.15, 0.2) is 0 Å². The Morgan fingerprint density at radius 2 is 1.38 bits per heavy atom. The molecule has 104 valence electrons. The minimum Gasteiger partial charge on any atom is -0.219 e. The fourth-order valence-electron chi connectivity index (χ4n) is 1.66. The van der Waals surface area contributed by atoms with E-state index in [0.717, 1.165) is 0 Å². The third-order valence-electron chi connectivity index (χ3n) is 2.62. The summed E-state index contributed by atoms with van der Waals surface area (Å²) in [6.45, 7) is 0. The number of aliphatic imine (C=N–C) groups is 2. The second-order valence-corrected chi connectivity index (χ2v) is 5.85.